The smallest absolute Gasteiger partial charge is 0.0638 e. The van der Waals surface area contributed by atoms with E-state index >= 15 is 0 Å². The first-order valence-corrected chi connectivity index (χ1v) is 2.14. The normalized spacial score (nSPS) is 9.89. The molecule has 0 fully saturated rings. The third kappa shape index (κ3) is 11.1. The standard InChI is InChI=1S/C4H9N3.2H2O/c5-2-1-4(7)3-6;;/h4H,1,3,6-7H2;2*1H2. The van der Waals surface area contributed by atoms with Crippen LogP contribution < -0.4 is 11.5 Å². The summed E-state index contributed by atoms with van der Waals surface area (Å²) in [5, 5.41) is 7.98. The molecule has 1 atom stereocenters. The predicted octanol–water partition coefficient (Wildman–Crippen LogP) is -2.46. The molecule has 1 unspecified atom stereocenters. The van der Waals surface area contributed by atoms with E-state index < -0.39 is 0 Å². The minimum Gasteiger partial charge on any atom is -0.412 e. The fourth-order valence-corrected chi connectivity index (χ4v) is 0.201. The van der Waals surface area contributed by atoms with Crippen molar-refractivity contribution in [1.29, 1.82) is 5.26 Å². The summed E-state index contributed by atoms with van der Waals surface area (Å²) < 4.78 is 0. The van der Waals surface area contributed by atoms with Gasteiger partial charge in [0.2, 0.25) is 0 Å². The van der Waals surface area contributed by atoms with Crippen molar-refractivity contribution in [3.05, 3.63) is 0 Å². The van der Waals surface area contributed by atoms with Crippen molar-refractivity contribution in [1.82, 2.24) is 0 Å². The summed E-state index contributed by atoms with van der Waals surface area (Å²) in [6.45, 7) is 0.396. The molecule has 0 rings (SSSR count). The Bertz CT molecular complexity index is 80.4. The van der Waals surface area contributed by atoms with Crippen molar-refractivity contribution in [3.63, 3.8) is 0 Å². The maximum Gasteiger partial charge on any atom is 0.0638 e. The molecule has 0 heterocycles. The van der Waals surface area contributed by atoms with Gasteiger partial charge in [0.1, 0.15) is 0 Å². The summed E-state index contributed by atoms with van der Waals surface area (Å²) in [4.78, 5) is 0. The Balaban J connectivity index is -0.000000180. The first-order chi connectivity index (χ1) is 3.31. The van der Waals surface area contributed by atoms with Crippen LogP contribution >= 0.6 is 0 Å². The number of nitrogens with zero attached hydrogens (tertiary/aromatic N) is 1. The molecule has 0 spiro atoms. The van der Waals surface area contributed by atoms with Crippen LogP contribution in [-0.4, -0.2) is 23.5 Å². The average molecular weight is 135 g/mol. The zero-order valence-corrected chi connectivity index (χ0v) is 5.09. The van der Waals surface area contributed by atoms with Crippen molar-refractivity contribution in [2.75, 3.05) is 6.54 Å². The minimum absolute atomic E-state index is 0. The summed E-state index contributed by atoms with van der Waals surface area (Å²) >= 11 is 0. The van der Waals surface area contributed by atoms with Crippen LogP contribution in [0, 0.1) is 11.3 Å². The summed E-state index contributed by atoms with van der Waals surface area (Å²) in [5.41, 5.74) is 10.3. The van der Waals surface area contributed by atoms with Crippen LogP contribution in [0.4, 0.5) is 0 Å². The van der Waals surface area contributed by atoms with E-state index in [2.05, 4.69) is 0 Å². The molecule has 9 heavy (non-hydrogen) atoms. The predicted molar refractivity (Wildman–Crippen MR) is 34.5 cm³/mol. The Morgan fingerprint density at radius 3 is 2.00 bits per heavy atom. The van der Waals surface area contributed by atoms with E-state index in [1.165, 1.54) is 0 Å². The lowest BCUT2D eigenvalue weighted by Gasteiger charge is -1.97. The van der Waals surface area contributed by atoms with E-state index in [1.807, 2.05) is 6.07 Å². The molecule has 0 aliphatic rings. The van der Waals surface area contributed by atoms with Crippen molar-refractivity contribution in [3.8, 4) is 6.07 Å². The number of nitrogens with two attached hydrogens (primary N) is 2. The molecule has 0 aliphatic carbocycles. The second-order valence-corrected chi connectivity index (χ2v) is 1.36. The maximum atomic E-state index is 7.98. The lowest BCUT2D eigenvalue weighted by molar-refractivity contribution is 0.699. The Kier molecular flexibility index (Phi) is 18.1. The molecule has 8 N–H and O–H groups in total. The van der Waals surface area contributed by atoms with Crippen LogP contribution in [0.5, 0.6) is 0 Å². The van der Waals surface area contributed by atoms with Gasteiger partial charge in [0.05, 0.1) is 12.5 Å². The molecule has 5 heteroatoms. The second kappa shape index (κ2) is 10.3. The van der Waals surface area contributed by atoms with Crippen LogP contribution in [0.1, 0.15) is 6.42 Å². The molecule has 0 aromatic rings. The lowest BCUT2D eigenvalue weighted by atomic mass is 10.2. The van der Waals surface area contributed by atoms with Gasteiger partial charge in [0, 0.05) is 12.6 Å². The average Bonchev–Trinajstić information content (AvgIpc) is 1.68. The summed E-state index contributed by atoms with van der Waals surface area (Å²) in [6, 6.07) is 1.78. The third-order valence-corrected chi connectivity index (χ3v) is 0.656. The first-order valence-electron chi connectivity index (χ1n) is 2.14. The Hall–Kier alpha value is -0.670. The van der Waals surface area contributed by atoms with Crippen molar-refractivity contribution in [2.24, 2.45) is 11.5 Å². The molecule has 56 valence electrons. The summed E-state index contributed by atoms with van der Waals surface area (Å²) in [7, 11) is 0. The first kappa shape index (κ1) is 15.8. The van der Waals surface area contributed by atoms with Crippen LogP contribution in [0.15, 0.2) is 0 Å². The zero-order chi connectivity index (χ0) is 5.70. The molecule has 0 aromatic heterocycles. The number of nitriles is 1. The number of rotatable bonds is 2. The fraction of sp³-hybridized carbons (Fsp3) is 0.750. The van der Waals surface area contributed by atoms with Crippen LogP contribution in [0.2, 0.25) is 0 Å². The molecular formula is C4H13N3O2. The highest BCUT2D eigenvalue weighted by Crippen LogP contribution is 1.78. The van der Waals surface area contributed by atoms with Crippen molar-refractivity contribution >= 4 is 0 Å². The van der Waals surface area contributed by atoms with Gasteiger partial charge in [-0.25, -0.2) is 0 Å². The summed E-state index contributed by atoms with van der Waals surface area (Å²) in [6.07, 6.45) is 0.358. The van der Waals surface area contributed by atoms with Gasteiger partial charge in [-0.15, -0.1) is 0 Å². The highest BCUT2D eigenvalue weighted by Gasteiger charge is 1.93. The van der Waals surface area contributed by atoms with Gasteiger partial charge in [-0.3, -0.25) is 0 Å². The van der Waals surface area contributed by atoms with E-state index in [0.717, 1.165) is 0 Å². The molecule has 0 aliphatic heterocycles. The second-order valence-electron chi connectivity index (χ2n) is 1.36. The number of hydrogen-bond acceptors (Lipinski definition) is 3. The SMILES string of the molecule is N#CCC(N)CN.O.O. The lowest BCUT2D eigenvalue weighted by Crippen LogP contribution is -2.28. The highest BCUT2D eigenvalue weighted by atomic mass is 16.0. The highest BCUT2D eigenvalue weighted by molar-refractivity contribution is 4.77. The van der Waals surface area contributed by atoms with Gasteiger partial charge in [0.25, 0.3) is 0 Å². The van der Waals surface area contributed by atoms with Gasteiger partial charge in [-0.2, -0.15) is 5.26 Å². The Labute approximate surface area is 53.9 Å². The van der Waals surface area contributed by atoms with E-state index in [9.17, 15) is 0 Å². The quantitative estimate of drug-likeness (QED) is 0.433. The van der Waals surface area contributed by atoms with Gasteiger partial charge >= 0.3 is 0 Å². The topological polar surface area (TPSA) is 139 Å². The van der Waals surface area contributed by atoms with E-state index in [1.54, 1.807) is 0 Å². The van der Waals surface area contributed by atoms with Gasteiger partial charge in [0.15, 0.2) is 0 Å². The molecule has 5 nitrogen and oxygen atoms in total. The van der Waals surface area contributed by atoms with Gasteiger partial charge < -0.3 is 22.4 Å². The Morgan fingerprint density at radius 1 is 1.44 bits per heavy atom. The molecule has 0 saturated carbocycles. The molecule has 0 aromatic carbocycles. The number of hydrogen-bond donors (Lipinski definition) is 2. The van der Waals surface area contributed by atoms with Crippen LogP contribution in [0.3, 0.4) is 0 Å². The third-order valence-electron chi connectivity index (χ3n) is 0.656. The molecule has 0 radical (unpaired) electrons. The molecular weight excluding hydrogens is 122 g/mol. The largest absolute Gasteiger partial charge is 0.412 e. The van der Waals surface area contributed by atoms with Gasteiger partial charge in [-0.1, -0.05) is 0 Å². The fourth-order valence-electron chi connectivity index (χ4n) is 0.201. The van der Waals surface area contributed by atoms with E-state index in [4.69, 9.17) is 16.7 Å². The van der Waals surface area contributed by atoms with Gasteiger partial charge in [-0.05, 0) is 0 Å². The van der Waals surface area contributed by atoms with E-state index in [0.29, 0.717) is 13.0 Å². The molecule has 0 saturated heterocycles. The van der Waals surface area contributed by atoms with Crippen LogP contribution in [0.25, 0.3) is 0 Å². The minimum atomic E-state index is -0.134. The van der Waals surface area contributed by atoms with E-state index in [-0.39, 0.29) is 17.0 Å². The Morgan fingerprint density at radius 2 is 1.89 bits per heavy atom. The zero-order valence-electron chi connectivity index (χ0n) is 5.09. The van der Waals surface area contributed by atoms with Crippen molar-refractivity contribution < 1.29 is 11.0 Å². The van der Waals surface area contributed by atoms with Crippen LogP contribution in [-0.2, 0) is 0 Å². The van der Waals surface area contributed by atoms with Crippen molar-refractivity contribution in [2.45, 2.75) is 12.5 Å². The molecule has 0 amide bonds. The molecule has 0 bridgehead atoms. The monoisotopic (exact) mass is 135 g/mol. The maximum absolute atomic E-state index is 7.98. The summed E-state index contributed by atoms with van der Waals surface area (Å²) in [5.74, 6) is 0.